The second kappa shape index (κ2) is 10.6. The molecule has 8 atom stereocenters. The van der Waals surface area contributed by atoms with Crippen LogP contribution in [-0.2, 0) is 16.1 Å². The number of rotatable bonds is 6. The van der Waals surface area contributed by atoms with Gasteiger partial charge in [0.25, 0.3) is 5.79 Å². The van der Waals surface area contributed by atoms with Gasteiger partial charge in [0, 0.05) is 17.7 Å². The number of aliphatic hydroxyl groups is 3. The number of carboxylic acids is 1. The molecule has 7 N–H and O–H groups in total. The smallest absolute Gasteiger partial charge is 0.343 e. The summed E-state index contributed by atoms with van der Waals surface area (Å²) in [6, 6.07) is 9.17. The summed E-state index contributed by atoms with van der Waals surface area (Å²) in [5.41, 5.74) is 1.65. The first-order valence-electron chi connectivity index (χ1n) is 15.4. The summed E-state index contributed by atoms with van der Waals surface area (Å²) in [4.78, 5) is 12.4. The molecule has 14 nitrogen and oxygen atoms in total. The first-order chi connectivity index (χ1) is 23.1. The van der Waals surface area contributed by atoms with Crippen LogP contribution in [0.5, 0.6) is 34.5 Å². The molecule has 0 aromatic heterocycles. The number of phenolic OH excluding ortho intramolecular Hbond substituents is 1. The third-order valence-corrected chi connectivity index (χ3v) is 9.93. The number of carbonyl (C=O) groups is 1. The molecule has 1 spiro atoms. The molecule has 1 saturated heterocycles. The van der Waals surface area contributed by atoms with Crippen LogP contribution in [0.2, 0.25) is 0 Å². The number of aliphatic carboxylic acids is 1. The van der Waals surface area contributed by atoms with E-state index in [9.17, 15) is 30.3 Å². The number of hydrogen-bond acceptors (Lipinski definition) is 13. The molecule has 3 aromatic rings. The van der Waals surface area contributed by atoms with Gasteiger partial charge < -0.3 is 64.6 Å². The minimum atomic E-state index is -2.38. The number of methoxy groups -OCH3 is 2. The molecule has 5 aliphatic rings. The van der Waals surface area contributed by atoms with Gasteiger partial charge in [-0.2, -0.15) is 0 Å². The fourth-order valence-corrected chi connectivity index (χ4v) is 7.73. The quantitative estimate of drug-likeness (QED) is 0.189. The molecule has 5 aliphatic heterocycles. The fourth-order valence-electron chi connectivity index (χ4n) is 7.73. The van der Waals surface area contributed by atoms with E-state index in [0.29, 0.717) is 51.9 Å². The number of carboxylic acid groups (broad SMARTS) is 1. The van der Waals surface area contributed by atoms with Crippen molar-refractivity contribution >= 4 is 11.7 Å². The number of aromatic hydroxyl groups is 1. The van der Waals surface area contributed by atoms with Crippen LogP contribution in [0.25, 0.3) is 11.1 Å². The van der Waals surface area contributed by atoms with Crippen LogP contribution in [0.1, 0.15) is 28.7 Å². The van der Waals surface area contributed by atoms with Gasteiger partial charge in [0.15, 0.2) is 29.1 Å². The molecule has 0 amide bonds. The largest absolute Gasteiger partial charge is 0.508 e. The van der Waals surface area contributed by atoms with E-state index in [1.54, 1.807) is 38.5 Å². The summed E-state index contributed by atoms with van der Waals surface area (Å²) < 4.78 is 37.1. The fraction of sp³-hybridized carbons (Fsp3) is 0.382. The zero-order valence-electron chi connectivity index (χ0n) is 26.1. The van der Waals surface area contributed by atoms with Crippen molar-refractivity contribution < 1.29 is 58.7 Å². The van der Waals surface area contributed by atoms with Gasteiger partial charge in [-0.3, -0.25) is 0 Å². The Morgan fingerprint density at radius 2 is 1.90 bits per heavy atom. The lowest BCUT2D eigenvalue weighted by molar-refractivity contribution is -0.356. The Balaban J connectivity index is 1.32. The van der Waals surface area contributed by atoms with Crippen molar-refractivity contribution in [3.8, 4) is 45.6 Å². The summed E-state index contributed by atoms with van der Waals surface area (Å²) in [6.45, 7) is 0.726. The van der Waals surface area contributed by atoms with Gasteiger partial charge in [0.2, 0.25) is 11.4 Å². The maximum absolute atomic E-state index is 12.4. The Bertz CT molecular complexity index is 1880. The number of phenols is 1. The number of hydrogen-bond donors (Lipinski definition) is 7. The van der Waals surface area contributed by atoms with Crippen molar-refractivity contribution in [1.29, 1.82) is 0 Å². The highest BCUT2D eigenvalue weighted by molar-refractivity contribution is 5.85. The maximum Gasteiger partial charge on any atom is 0.343 e. The monoisotopic (exact) mass is 662 g/mol. The summed E-state index contributed by atoms with van der Waals surface area (Å²) in [6.07, 6.45) is -3.77. The molecule has 14 heteroatoms. The number of anilines is 1. The summed E-state index contributed by atoms with van der Waals surface area (Å²) in [5, 5.41) is 59.9. The van der Waals surface area contributed by atoms with Gasteiger partial charge in [-0.05, 0) is 54.1 Å². The van der Waals surface area contributed by atoms with E-state index in [4.69, 9.17) is 28.4 Å². The van der Waals surface area contributed by atoms with E-state index in [1.807, 2.05) is 13.1 Å². The van der Waals surface area contributed by atoms with Crippen molar-refractivity contribution in [2.24, 2.45) is 0 Å². The third kappa shape index (κ3) is 3.94. The van der Waals surface area contributed by atoms with Gasteiger partial charge >= 0.3 is 5.97 Å². The van der Waals surface area contributed by atoms with Crippen LogP contribution in [0.15, 0.2) is 48.6 Å². The molecule has 0 aliphatic carbocycles. The summed E-state index contributed by atoms with van der Waals surface area (Å²) in [5.74, 6) is -1.99. The Hall–Kier alpha value is -4.73. The Kier molecular flexibility index (Phi) is 6.78. The van der Waals surface area contributed by atoms with Crippen molar-refractivity contribution in [1.82, 2.24) is 5.32 Å². The second-order valence-corrected chi connectivity index (χ2v) is 12.5. The molecule has 1 fully saturated rings. The lowest BCUT2D eigenvalue weighted by Gasteiger charge is -2.57. The molecular formula is C34H34N2O12. The molecule has 48 heavy (non-hydrogen) atoms. The van der Waals surface area contributed by atoms with Crippen LogP contribution < -0.4 is 34.3 Å². The predicted molar refractivity (Wildman–Crippen MR) is 167 cm³/mol. The van der Waals surface area contributed by atoms with E-state index < -0.39 is 47.8 Å². The molecule has 5 heterocycles. The topological polar surface area (TPSA) is 198 Å². The maximum atomic E-state index is 12.4. The van der Waals surface area contributed by atoms with Crippen molar-refractivity contribution in [3.63, 3.8) is 0 Å². The highest BCUT2D eigenvalue weighted by Gasteiger charge is 2.70. The third-order valence-electron chi connectivity index (χ3n) is 9.93. The SMILES string of the molecule is CNCc1cc(OC)c(OC)c2c1[C@H]1COc3c4c(cc(-c5cccc(O)c5)c3[C@@H]1O2)O[C@@]12O[C@](C(=O)O)(C=C[C@@H]1N4)[C@@H](O)[C@H](O)[C@H]2O. The molecule has 2 bridgehead atoms. The first-order valence-corrected chi connectivity index (χ1v) is 15.4. The van der Waals surface area contributed by atoms with Gasteiger partial charge in [0.1, 0.15) is 35.8 Å². The minimum Gasteiger partial charge on any atom is -0.508 e. The normalized spacial score (nSPS) is 31.7. The van der Waals surface area contributed by atoms with Gasteiger partial charge in [-0.1, -0.05) is 18.2 Å². The Morgan fingerprint density at radius 1 is 1.08 bits per heavy atom. The standard InChI is InChI=1S/C34H34N2O12/c1-35-12-15-10-20(43-2)27(44-3)29-22(15)18-13-45-28-23(26(18)46-29)17(14-5-4-6-16(37)9-14)11-19-24(28)36-21-7-8-33(32(41)42)30(39)25(38)31(40)34(21,47-19)48-33/h4-11,18,21,25-26,30-31,35-40H,12-13H2,1-3H3,(H,41,42)/t18-,21+,25+,26-,30+,31-,33-,34-/m1/s1. The van der Waals surface area contributed by atoms with Gasteiger partial charge in [-0.15, -0.1) is 0 Å². The molecule has 3 aromatic carbocycles. The summed E-state index contributed by atoms with van der Waals surface area (Å²) >= 11 is 0. The average Bonchev–Trinajstić information content (AvgIpc) is 3.48. The number of fused-ring (bicyclic) bond motifs is 8. The van der Waals surface area contributed by atoms with Crippen molar-refractivity contribution in [2.75, 3.05) is 33.2 Å². The molecule has 0 saturated carbocycles. The van der Waals surface area contributed by atoms with Crippen LogP contribution in [-0.4, -0.2) is 95.1 Å². The number of aliphatic hydroxyl groups excluding tert-OH is 3. The number of benzene rings is 3. The van der Waals surface area contributed by atoms with Crippen molar-refractivity contribution in [3.05, 3.63) is 65.2 Å². The van der Waals surface area contributed by atoms with E-state index in [-0.39, 0.29) is 24.0 Å². The van der Waals surface area contributed by atoms with E-state index in [2.05, 4.69) is 10.6 Å². The van der Waals surface area contributed by atoms with E-state index in [0.717, 1.165) is 17.2 Å². The molecule has 0 unspecified atom stereocenters. The first kappa shape index (κ1) is 30.6. The number of ether oxygens (including phenoxy) is 6. The van der Waals surface area contributed by atoms with Crippen LogP contribution >= 0.6 is 0 Å². The predicted octanol–water partition coefficient (Wildman–Crippen LogP) is 1.78. The lowest BCUT2D eigenvalue weighted by atomic mass is 9.76. The summed E-state index contributed by atoms with van der Waals surface area (Å²) in [7, 11) is 4.96. The minimum absolute atomic E-state index is 0.00935. The van der Waals surface area contributed by atoms with E-state index >= 15 is 0 Å². The Morgan fingerprint density at radius 3 is 2.60 bits per heavy atom. The zero-order valence-corrected chi connectivity index (χ0v) is 26.1. The Labute approximate surface area is 274 Å². The molecular weight excluding hydrogens is 628 g/mol. The molecule has 0 radical (unpaired) electrons. The van der Waals surface area contributed by atoms with Gasteiger partial charge in [0.05, 0.1) is 26.7 Å². The van der Waals surface area contributed by atoms with Crippen molar-refractivity contribution in [2.45, 2.75) is 54.3 Å². The lowest BCUT2D eigenvalue weighted by Crippen LogP contribution is -2.79. The highest BCUT2D eigenvalue weighted by Crippen LogP contribution is 2.62. The second-order valence-electron chi connectivity index (χ2n) is 12.5. The highest BCUT2D eigenvalue weighted by atomic mass is 16.7. The average molecular weight is 663 g/mol. The van der Waals surface area contributed by atoms with Crippen LogP contribution in [0.4, 0.5) is 5.69 Å². The molecule has 8 rings (SSSR count). The molecule has 252 valence electrons. The number of nitrogens with one attached hydrogen (secondary N) is 2. The van der Waals surface area contributed by atoms with Crippen LogP contribution in [0.3, 0.4) is 0 Å². The zero-order chi connectivity index (χ0) is 33.7. The van der Waals surface area contributed by atoms with E-state index in [1.165, 1.54) is 12.1 Å². The van der Waals surface area contributed by atoms with Crippen LogP contribution in [0, 0.1) is 0 Å². The van der Waals surface area contributed by atoms with Gasteiger partial charge in [-0.25, -0.2) is 4.79 Å².